The van der Waals surface area contributed by atoms with Gasteiger partial charge in [-0.3, -0.25) is 4.79 Å². The van der Waals surface area contributed by atoms with Crippen molar-refractivity contribution in [1.29, 1.82) is 0 Å². The Labute approximate surface area is 100 Å². The van der Waals surface area contributed by atoms with Crippen LogP contribution in [0.15, 0.2) is 11.6 Å². The summed E-state index contributed by atoms with van der Waals surface area (Å²) in [6, 6.07) is 0. The fourth-order valence-corrected chi connectivity index (χ4v) is 2.76. The number of ether oxygens (including phenoxy) is 1. The van der Waals surface area contributed by atoms with Crippen molar-refractivity contribution in [2.24, 2.45) is 5.92 Å². The molecule has 0 atom stereocenters. The lowest BCUT2D eigenvalue weighted by molar-refractivity contribution is -0.139. The monoisotopic (exact) mass is 274 g/mol. The molecule has 3 heteroatoms. The Morgan fingerprint density at radius 3 is 2.60 bits per heavy atom. The van der Waals surface area contributed by atoms with Crippen LogP contribution in [0.2, 0.25) is 0 Å². The van der Waals surface area contributed by atoms with E-state index in [-0.39, 0.29) is 5.97 Å². The molecular weight excluding hydrogens is 256 g/mol. The molecule has 0 unspecified atom stereocenters. The molecule has 86 valence electrons. The molecule has 0 saturated heterocycles. The third-order valence-electron chi connectivity index (χ3n) is 2.92. The van der Waals surface area contributed by atoms with Crippen molar-refractivity contribution in [3.05, 3.63) is 11.6 Å². The van der Waals surface area contributed by atoms with Crippen LogP contribution < -0.4 is 0 Å². The van der Waals surface area contributed by atoms with Crippen LogP contribution in [0.4, 0.5) is 0 Å². The number of halogens is 1. The number of allylic oxidation sites excluding steroid dienone is 1. The number of carbonyl (C=O) groups excluding carboxylic acids is 1. The summed E-state index contributed by atoms with van der Waals surface area (Å²) in [5.74, 6) is 0.498. The van der Waals surface area contributed by atoms with E-state index in [1.54, 1.807) is 0 Å². The molecule has 15 heavy (non-hydrogen) atoms. The zero-order valence-electron chi connectivity index (χ0n) is 9.30. The van der Waals surface area contributed by atoms with E-state index < -0.39 is 0 Å². The van der Waals surface area contributed by atoms with Gasteiger partial charge in [-0.1, -0.05) is 40.8 Å². The van der Waals surface area contributed by atoms with Crippen LogP contribution in [0.25, 0.3) is 0 Å². The second-order valence-electron chi connectivity index (χ2n) is 4.05. The van der Waals surface area contributed by atoms with Crippen molar-refractivity contribution in [1.82, 2.24) is 0 Å². The number of hydrogen-bond donors (Lipinski definition) is 0. The van der Waals surface area contributed by atoms with Crippen LogP contribution in [0.5, 0.6) is 0 Å². The van der Waals surface area contributed by atoms with Crippen molar-refractivity contribution in [2.75, 3.05) is 11.9 Å². The average Bonchev–Trinajstić information content (AvgIpc) is 2.25. The topological polar surface area (TPSA) is 26.3 Å². The summed E-state index contributed by atoms with van der Waals surface area (Å²) >= 11 is 3.51. The Balaban J connectivity index is 2.41. The molecule has 0 bridgehead atoms. The third-order valence-corrected chi connectivity index (χ3v) is 3.56. The average molecular weight is 275 g/mol. The first-order valence-corrected chi connectivity index (χ1v) is 6.74. The van der Waals surface area contributed by atoms with E-state index in [9.17, 15) is 4.79 Å². The highest BCUT2D eigenvalue weighted by Gasteiger charge is 2.16. The standard InChI is InChI=1S/C12H19BrO2/c1-10(14)15-8-7-12(9-13)11-5-3-2-4-6-11/h7,11H,2-6,8-9H2,1H3/b12-7-. The molecule has 0 aliphatic heterocycles. The van der Waals surface area contributed by atoms with Crippen LogP contribution in [-0.4, -0.2) is 17.9 Å². The Hall–Kier alpha value is -0.310. The number of esters is 1. The van der Waals surface area contributed by atoms with Gasteiger partial charge in [-0.25, -0.2) is 0 Å². The largest absolute Gasteiger partial charge is 0.462 e. The van der Waals surface area contributed by atoms with E-state index in [2.05, 4.69) is 22.0 Å². The van der Waals surface area contributed by atoms with Gasteiger partial charge in [0.05, 0.1) is 0 Å². The fraction of sp³-hybridized carbons (Fsp3) is 0.750. The van der Waals surface area contributed by atoms with E-state index in [0.29, 0.717) is 12.5 Å². The lowest BCUT2D eigenvalue weighted by Crippen LogP contribution is -2.11. The summed E-state index contributed by atoms with van der Waals surface area (Å²) < 4.78 is 4.93. The van der Waals surface area contributed by atoms with E-state index in [1.165, 1.54) is 44.6 Å². The zero-order chi connectivity index (χ0) is 11.1. The molecule has 1 aliphatic carbocycles. The van der Waals surface area contributed by atoms with Crippen molar-refractivity contribution in [2.45, 2.75) is 39.0 Å². The molecule has 0 N–H and O–H groups in total. The molecule has 1 aliphatic rings. The Kier molecular flexibility index (Phi) is 5.99. The minimum absolute atomic E-state index is 0.205. The van der Waals surface area contributed by atoms with E-state index in [0.717, 1.165) is 5.33 Å². The van der Waals surface area contributed by atoms with E-state index in [1.807, 2.05) is 0 Å². The zero-order valence-corrected chi connectivity index (χ0v) is 10.9. The van der Waals surface area contributed by atoms with Gasteiger partial charge < -0.3 is 4.74 Å². The molecule has 1 rings (SSSR count). The van der Waals surface area contributed by atoms with Crippen LogP contribution in [0, 0.1) is 5.92 Å². The van der Waals surface area contributed by atoms with Crippen molar-refractivity contribution < 1.29 is 9.53 Å². The van der Waals surface area contributed by atoms with Gasteiger partial charge in [-0.05, 0) is 24.8 Å². The molecule has 0 aromatic carbocycles. The summed E-state index contributed by atoms with van der Waals surface area (Å²) in [4.78, 5) is 10.6. The highest BCUT2D eigenvalue weighted by Crippen LogP contribution is 2.30. The molecule has 0 amide bonds. The number of alkyl halides is 1. The van der Waals surface area contributed by atoms with Gasteiger partial charge in [0.25, 0.3) is 0 Å². The maximum absolute atomic E-state index is 10.6. The minimum Gasteiger partial charge on any atom is -0.462 e. The first kappa shape index (κ1) is 12.8. The maximum atomic E-state index is 10.6. The molecule has 0 aromatic heterocycles. The molecule has 1 saturated carbocycles. The molecular formula is C12H19BrO2. The van der Waals surface area contributed by atoms with Crippen molar-refractivity contribution in [3.8, 4) is 0 Å². The lowest BCUT2D eigenvalue weighted by Gasteiger charge is -2.23. The summed E-state index contributed by atoms with van der Waals surface area (Å²) in [5, 5.41) is 0.902. The maximum Gasteiger partial charge on any atom is 0.302 e. The summed E-state index contributed by atoms with van der Waals surface area (Å²) in [5.41, 5.74) is 1.40. The van der Waals surface area contributed by atoms with Gasteiger partial charge in [0.15, 0.2) is 0 Å². The quantitative estimate of drug-likeness (QED) is 0.446. The minimum atomic E-state index is -0.205. The van der Waals surface area contributed by atoms with E-state index >= 15 is 0 Å². The summed E-state index contributed by atoms with van der Waals surface area (Å²) in [6.45, 7) is 1.87. The second-order valence-corrected chi connectivity index (χ2v) is 4.61. The number of rotatable bonds is 4. The molecule has 0 aromatic rings. The van der Waals surface area contributed by atoms with E-state index in [4.69, 9.17) is 4.74 Å². The van der Waals surface area contributed by atoms with Gasteiger partial charge in [0, 0.05) is 12.3 Å². The molecule has 2 nitrogen and oxygen atoms in total. The van der Waals surface area contributed by atoms with Crippen LogP contribution in [0.3, 0.4) is 0 Å². The summed E-state index contributed by atoms with van der Waals surface area (Å²) in [6.07, 6.45) is 8.68. The second kappa shape index (κ2) is 7.04. The summed E-state index contributed by atoms with van der Waals surface area (Å²) in [7, 11) is 0. The first-order chi connectivity index (χ1) is 7.24. The van der Waals surface area contributed by atoms with Gasteiger partial charge in [0.1, 0.15) is 6.61 Å². The SMILES string of the molecule is CC(=O)OC/C=C(/CBr)C1CCCCC1. The van der Waals surface area contributed by atoms with Crippen molar-refractivity contribution >= 4 is 21.9 Å². The predicted molar refractivity (Wildman–Crippen MR) is 65.1 cm³/mol. The Morgan fingerprint density at radius 1 is 1.40 bits per heavy atom. The normalized spacial score (nSPS) is 18.9. The van der Waals surface area contributed by atoms with Gasteiger partial charge in [0.2, 0.25) is 0 Å². The molecule has 0 spiro atoms. The molecule has 0 heterocycles. The first-order valence-electron chi connectivity index (χ1n) is 5.62. The highest BCUT2D eigenvalue weighted by molar-refractivity contribution is 9.09. The van der Waals surface area contributed by atoms with Crippen LogP contribution in [0.1, 0.15) is 39.0 Å². The third kappa shape index (κ3) is 4.83. The van der Waals surface area contributed by atoms with Crippen LogP contribution >= 0.6 is 15.9 Å². The van der Waals surface area contributed by atoms with Crippen molar-refractivity contribution in [3.63, 3.8) is 0 Å². The fourth-order valence-electron chi connectivity index (χ4n) is 2.07. The lowest BCUT2D eigenvalue weighted by atomic mass is 9.84. The smallest absolute Gasteiger partial charge is 0.302 e. The Bertz CT molecular complexity index is 230. The predicted octanol–water partition coefficient (Wildman–Crippen LogP) is 3.45. The molecule has 1 fully saturated rings. The highest BCUT2D eigenvalue weighted by atomic mass is 79.9. The van der Waals surface area contributed by atoms with Gasteiger partial charge in [-0.15, -0.1) is 0 Å². The molecule has 0 radical (unpaired) electrons. The van der Waals surface area contributed by atoms with Crippen LogP contribution in [-0.2, 0) is 9.53 Å². The van der Waals surface area contributed by atoms with Gasteiger partial charge >= 0.3 is 5.97 Å². The van der Waals surface area contributed by atoms with Gasteiger partial charge in [-0.2, -0.15) is 0 Å². The number of carbonyl (C=O) groups is 1. The number of hydrogen-bond acceptors (Lipinski definition) is 2. The Morgan fingerprint density at radius 2 is 2.07 bits per heavy atom.